The number of benzene rings is 1. The summed E-state index contributed by atoms with van der Waals surface area (Å²) in [5.74, 6) is 9.53. The van der Waals surface area contributed by atoms with Gasteiger partial charge < -0.3 is 11.5 Å². The summed E-state index contributed by atoms with van der Waals surface area (Å²) >= 11 is 0. The number of nitrogens with zero attached hydrogens (tertiary/aromatic N) is 2. The van der Waals surface area contributed by atoms with E-state index in [1.807, 2.05) is 0 Å². The van der Waals surface area contributed by atoms with Crippen LogP contribution in [0.2, 0.25) is 0 Å². The fraction of sp³-hybridized carbons (Fsp3) is 0. The van der Waals surface area contributed by atoms with Gasteiger partial charge in [-0.25, -0.2) is 35.7 Å². The van der Waals surface area contributed by atoms with Gasteiger partial charge in [-0.2, -0.15) is 0 Å². The van der Waals surface area contributed by atoms with Crippen LogP contribution in [0.4, 0.5) is 25.4 Å². The van der Waals surface area contributed by atoms with Crippen LogP contribution < -0.4 is 33.2 Å². The zero-order valence-corrected chi connectivity index (χ0v) is 8.55. The molecule has 0 saturated carbocycles. The van der Waals surface area contributed by atoms with Gasteiger partial charge in [0.25, 0.3) is 0 Å². The first-order valence-electron chi connectivity index (χ1n) is 4.25. The van der Waals surface area contributed by atoms with Crippen LogP contribution in [0, 0.1) is 11.9 Å². The van der Waals surface area contributed by atoms with Crippen molar-refractivity contribution in [1.29, 1.82) is 0 Å². The van der Waals surface area contributed by atoms with E-state index < -0.39 is 23.6 Å². The number of urea groups is 2. The second kappa shape index (κ2) is 4.63. The number of halogens is 1. The lowest BCUT2D eigenvalue weighted by atomic mass is 10.2. The molecule has 91 valence electrons. The lowest BCUT2D eigenvalue weighted by molar-refractivity contribution is 0.252. The topological polar surface area (TPSA) is 145 Å². The minimum atomic E-state index is -1.14. The van der Waals surface area contributed by atoms with Crippen molar-refractivity contribution in [1.82, 2.24) is 0 Å². The normalized spacial score (nSPS) is 9.82. The molecule has 8 nitrogen and oxygen atoms in total. The first kappa shape index (κ1) is 12.7. The summed E-state index contributed by atoms with van der Waals surface area (Å²) in [4.78, 5) is 21.7. The van der Waals surface area contributed by atoms with E-state index in [0.29, 0.717) is 10.0 Å². The molecule has 1 aromatic carbocycles. The summed E-state index contributed by atoms with van der Waals surface area (Å²) in [7, 11) is 0. The van der Waals surface area contributed by atoms with Gasteiger partial charge in [0.15, 0.2) is 5.82 Å². The summed E-state index contributed by atoms with van der Waals surface area (Å²) < 4.78 is 13.5. The summed E-state index contributed by atoms with van der Waals surface area (Å²) in [5.41, 5.74) is 9.09. The van der Waals surface area contributed by atoms with Crippen molar-refractivity contribution < 1.29 is 14.0 Å². The smallest absolute Gasteiger partial charge is 0.333 e. The van der Waals surface area contributed by atoms with Crippen molar-refractivity contribution in [2.45, 2.75) is 0 Å². The monoisotopic (exact) mass is 241 g/mol. The Morgan fingerprint density at radius 3 is 2.18 bits per heavy atom. The fourth-order valence-corrected chi connectivity index (χ4v) is 1.11. The first-order valence-corrected chi connectivity index (χ1v) is 4.25. The van der Waals surface area contributed by atoms with Crippen LogP contribution in [0.5, 0.6) is 0 Å². The molecule has 0 aromatic heterocycles. The van der Waals surface area contributed by atoms with E-state index in [0.717, 1.165) is 6.07 Å². The fourth-order valence-electron chi connectivity index (χ4n) is 1.11. The Morgan fingerprint density at radius 2 is 1.71 bits per heavy atom. The average molecular weight is 241 g/mol. The minimum absolute atomic E-state index is 0.213. The Bertz CT molecular complexity index is 465. The molecule has 0 bridgehead atoms. The maximum atomic E-state index is 13.5. The van der Waals surface area contributed by atoms with E-state index in [2.05, 4.69) is 6.07 Å². The Balaban J connectivity index is 3.36. The number of hydrazine groups is 2. The van der Waals surface area contributed by atoms with E-state index in [1.54, 1.807) is 0 Å². The molecule has 1 aromatic rings. The summed E-state index contributed by atoms with van der Waals surface area (Å²) in [6.45, 7) is 0. The highest BCUT2D eigenvalue weighted by atomic mass is 19.1. The quantitative estimate of drug-likeness (QED) is 0.303. The number of hydrogen-bond donors (Lipinski definition) is 4. The van der Waals surface area contributed by atoms with E-state index in [9.17, 15) is 14.0 Å². The van der Waals surface area contributed by atoms with Crippen LogP contribution in [0.15, 0.2) is 12.1 Å². The number of primary amides is 2. The van der Waals surface area contributed by atoms with Gasteiger partial charge in [-0.05, 0) is 12.1 Å². The predicted octanol–water partition coefficient (Wildman–Crippen LogP) is -0.857. The molecular weight excluding hydrogens is 231 g/mol. The molecule has 8 N–H and O–H groups in total. The molecule has 0 saturated heterocycles. The Labute approximate surface area is 95.5 Å². The van der Waals surface area contributed by atoms with Crippen molar-refractivity contribution in [3.63, 3.8) is 0 Å². The van der Waals surface area contributed by atoms with Crippen molar-refractivity contribution in [2.24, 2.45) is 23.2 Å². The molecule has 0 unspecified atom stereocenters. The highest BCUT2D eigenvalue weighted by Gasteiger charge is 2.22. The van der Waals surface area contributed by atoms with Crippen LogP contribution in [-0.2, 0) is 0 Å². The van der Waals surface area contributed by atoms with Crippen LogP contribution in [0.25, 0.3) is 0 Å². The molecule has 1 rings (SSSR count). The summed E-state index contributed by atoms with van der Waals surface area (Å²) in [6, 6.07) is 2.29. The summed E-state index contributed by atoms with van der Waals surface area (Å²) in [5, 5.41) is 0.721. The number of hydrogen-bond acceptors (Lipinski definition) is 4. The van der Waals surface area contributed by atoms with Gasteiger partial charge in [-0.15, -0.1) is 0 Å². The van der Waals surface area contributed by atoms with Gasteiger partial charge in [0.1, 0.15) is 5.69 Å². The van der Waals surface area contributed by atoms with E-state index >= 15 is 0 Å². The highest BCUT2D eigenvalue weighted by Crippen LogP contribution is 2.28. The third-order valence-electron chi connectivity index (χ3n) is 1.88. The van der Waals surface area contributed by atoms with E-state index in [-0.39, 0.29) is 5.69 Å². The Kier molecular flexibility index (Phi) is 3.46. The number of carbonyl (C=O) groups is 2. The molecule has 1 radical (unpaired) electrons. The molecule has 0 fully saturated rings. The van der Waals surface area contributed by atoms with Gasteiger partial charge in [0.2, 0.25) is 0 Å². The molecule has 0 atom stereocenters. The molecule has 0 aliphatic carbocycles. The molecule has 9 heteroatoms. The third kappa shape index (κ3) is 2.41. The SMILES string of the molecule is NC(=O)N(N)c1cc[c]c(F)c1N(N)C(N)=O. The van der Waals surface area contributed by atoms with Gasteiger partial charge in [0, 0.05) is 6.07 Å². The number of nitrogens with two attached hydrogens (primary N) is 4. The molecule has 17 heavy (non-hydrogen) atoms. The predicted molar refractivity (Wildman–Crippen MR) is 57.7 cm³/mol. The molecule has 0 spiro atoms. The number of rotatable bonds is 2. The van der Waals surface area contributed by atoms with E-state index in [1.165, 1.54) is 6.07 Å². The van der Waals surface area contributed by atoms with Crippen LogP contribution in [0.1, 0.15) is 0 Å². The van der Waals surface area contributed by atoms with Gasteiger partial charge in [0.05, 0.1) is 5.69 Å². The summed E-state index contributed by atoms with van der Waals surface area (Å²) in [6.07, 6.45) is 0. The molecular formula is C8H10FN6O2. The minimum Gasteiger partial charge on any atom is -0.350 e. The third-order valence-corrected chi connectivity index (χ3v) is 1.88. The largest absolute Gasteiger partial charge is 0.350 e. The van der Waals surface area contributed by atoms with Crippen molar-refractivity contribution in [3.05, 3.63) is 24.0 Å². The Morgan fingerprint density at radius 1 is 1.18 bits per heavy atom. The van der Waals surface area contributed by atoms with E-state index in [4.69, 9.17) is 23.2 Å². The zero-order valence-electron chi connectivity index (χ0n) is 8.55. The molecule has 0 heterocycles. The van der Waals surface area contributed by atoms with Crippen LogP contribution in [-0.4, -0.2) is 12.1 Å². The maximum absolute atomic E-state index is 13.5. The van der Waals surface area contributed by atoms with Gasteiger partial charge in [-0.1, -0.05) is 0 Å². The van der Waals surface area contributed by atoms with Crippen molar-refractivity contribution >= 4 is 23.4 Å². The Hall–Kier alpha value is -2.39. The first-order chi connectivity index (χ1) is 7.86. The van der Waals surface area contributed by atoms with Crippen LogP contribution >= 0.6 is 0 Å². The van der Waals surface area contributed by atoms with Gasteiger partial charge >= 0.3 is 12.1 Å². The zero-order chi connectivity index (χ0) is 13.2. The molecule has 4 amide bonds. The second-order valence-electron chi connectivity index (χ2n) is 2.94. The average Bonchev–Trinajstić information content (AvgIpc) is 2.26. The lowest BCUT2D eigenvalue weighted by Crippen LogP contribution is -2.46. The van der Waals surface area contributed by atoms with Crippen molar-refractivity contribution in [3.8, 4) is 0 Å². The standard InChI is InChI=1S/C8H10FN6O2/c9-4-2-1-3-5(14(12)7(10)16)6(4)15(13)8(11)17/h1,3H,12-13H2,(H2,10,16)(H2,11,17). The lowest BCUT2D eigenvalue weighted by Gasteiger charge is -2.22. The highest BCUT2D eigenvalue weighted by molar-refractivity contribution is 5.99. The van der Waals surface area contributed by atoms with Crippen LogP contribution in [0.3, 0.4) is 0 Å². The number of carbonyl (C=O) groups excluding carboxylic acids is 2. The second-order valence-corrected chi connectivity index (χ2v) is 2.94. The van der Waals surface area contributed by atoms with Gasteiger partial charge in [-0.3, -0.25) is 0 Å². The number of anilines is 2. The molecule has 0 aliphatic rings. The molecule has 0 aliphatic heterocycles. The number of amides is 4. The maximum Gasteiger partial charge on any atom is 0.333 e. The van der Waals surface area contributed by atoms with Crippen molar-refractivity contribution in [2.75, 3.05) is 10.0 Å².